The fourth-order valence-electron chi connectivity index (χ4n) is 2.58. The number of morpholine rings is 1. The van der Waals surface area contributed by atoms with E-state index in [0.29, 0.717) is 6.61 Å². The number of nitrogens with zero attached hydrogens (tertiary/aromatic N) is 2. The lowest BCUT2D eigenvalue weighted by molar-refractivity contribution is -0.0371. The van der Waals surface area contributed by atoms with E-state index >= 15 is 0 Å². The van der Waals surface area contributed by atoms with Gasteiger partial charge in [0.25, 0.3) is 0 Å². The Balaban J connectivity index is 1.94. The Kier molecular flexibility index (Phi) is 6.99. The van der Waals surface area contributed by atoms with Gasteiger partial charge in [-0.25, -0.2) is 9.69 Å². The third kappa shape index (κ3) is 6.00. The van der Waals surface area contributed by atoms with E-state index in [2.05, 4.69) is 17.0 Å². The second-order valence-electron chi connectivity index (χ2n) is 7.20. The van der Waals surface area contributed by atoms with Crippen molar-refractivity contribution in [3.8, 4) is 0 Å². The molecule has 1 fully saturated rings. The smallest absolute Gasteiger partial charge is 0.417 e. The van der Waals surface area contributed by atoms with E-state index in [1.165, 1.54) is 0 Å². The van der Waals surface area contributed by atoms with E-state index in [4.69, 9.17) is 19.6 Å². The molecular formula is C19H29N3O4. The molecule has 1 N–H and O–H groups in total. The van der Waals surface area contributed by atoms with Crippen LogP contribution in [0.2, 0.25) is 0 Å². The minimum Gasteiger partial charge on any atom is -0.443 e. The summed E-state index contributed by atoms with van der Waals surface area (Å²) < 4.78 is 16.5. The first-order chi connectivity index (χ1) is 12.3. The largest absolute Gasteiger partial charge is 0.443 e. The lowest BCUT2D eigenvalue weighted by Gasteiger charge is -2.29. The standard InChI is InChI=1S/C19H29N3O4/c1-15(22(14-20)18(23)26-19(2,3)4)25-13-16-6-5-7-17(12-16)21-8-10-24-11-9-21/h5-7,12,14-15,20H,8-11,13H2,1-4H3. The molecule has 2 rings (SSSR count). The van der Waals surface area contributed by atoms with Crippen LogP contribution >= 0.6 is 0 Å². The molecule has 0 spiro atoms. The quantitative estimate of drug-likeness (QED) is 0.477. The predicted octanol–water partition coefficient (Wildman–Crippen LogP) is 3.23. The van der Waals surface area contributed by atoms with Crippen LogP contribution in [0, 0.1) is 5.41 Å². The predicted molar refractivity (Wildman–Crippen MR) is 101 cm³/mol. The van der Waals surface area contributed by atoms with Crippen LogP contribution in [-0.4, -0.2) is 55.5 Å². The van der Waals surface area contributed by atoms with Gasteiger partial charge in [-0.1, -0.05) is 12.1 Å². The van der Waals surface area contributed by atoms with Gasteiger partial charge in [0.2, 0.25) is 0 Å². The van der Waals surface area contributed by atoms with Crippen molar-refractivity contribution in [3.05, 3.63) is 29.8 Å². The van der Waals surface area contributed by atoms with Gasteiger partial charge in [0.15, 0.2) is 0 Å². The van der Waals surface area contributed by atoms with E-state index in [1.807, 2.05) is 12.1 Å². The number of ether oxygens (including phenoxy) is 3. The Labute approximate surface area is 155 Å². The van der Waals surface area contributed by atoms with Gasteiger partial charge < -0.3 is 19.1 Å². The number of amides is 1. The lowest BCUT2D eigenvalue weighted by atomic mass is 10.2. The summed E-state index contributed by atoms with van der Waals surface area (Å²) in [7, 11) is 0. The van der Waals surface area contributed by atoms with Gasteiger partial charge in [-0.2, -0.15) is 0 Å². The molecule has 1 unspecified atom stereocenters. The normalized spacial score (nSPS) is 16.1. The monoisotopic (exact) mass is 363 g/mol. The van der Waals surface area contributed by atoms with Crippen molar-refractivity contribution >= 4 is 18.1 Å². The molecule has 0 bridgehead atoms. The number of carbonyl (C=O) groups excluding carboxylic acids is 1. The Morgan fingerprint density at radius 1 is 1.38 bits per heavy atom. The Morgan fingerprint density at radius 3 is 2.69 bits per heavy atom. The molecule has 0 aliphatic carbocycles. The summed E-state index contributed by atoms with van der Waals surface area (Å²) in [5.41, 5.74) is 1.53. The molecule has 1 saturated heterocycles. The molecule has 1 amide bonds. The van der Waals surface area contributed by atoms with E-state index in [9.17, 15) is 4.79 Å². The molecule has 1 atom stereocenters. The zero-order valence-electron chi connectivity index (χ0n) is 16.0. The lowest BCUT2D eigenvalue weighted by Crippen LogP contribution is -2.42. The summed E-state index contributed by atoms with van der Waals surface area (Å²) in [4.78, 5) is 15.6. The van der Waals surface area contributed by atoms with Crippen molar-refractivity contribution < 1.29 is 19.0 Å². The van der Waals surface area contributed by atoms with Crippen molar-refractivity contribution in [3.63, 3.8) is 0 Å². The highest BCUT2D eigenvalue weighted by Gasteiger charge is 2.25. The van der Waals surface area contributed by atoms with Crippen LogP contribution in [0.25, 0.3) is 0 Å². The highest BCUT2D eigenvalue weighted by Crippen LogP contribution is 2.19. The van der Waals surface area contributed by atoms with Gasteiger partial charge in [-0.3, -0.25) is 5.41 Å². The number of hydrogen-bond donors (Lipinski definition) is 1. The molecule has 1 aromatic rings. The van der Waals surface area contributed by atoms with Crippen LogP contribution in [0.1, 0.15) is 33.3 Å². The molecule has 0 radical (unpaired) electrons. The maximum atomic E-state index is 12.2. The van der Waals surface area contributed by atoms with Crippen LogP contribution in [-0.2, 0) is 20.8 Å². The molecule has 0 saturated carbocycles. The Morgan fingerprint density at radius 2 is 2.08 bits per heavy atom. The number of anilines is 1. The highest BCUT2D eigenvalue weighted by molar-refractivity contribution is 5.81. The second kappa shape index (κ2) is 9.00. The number of nitrogens with one attached hydrogen (secondary N) is 1. The first-order valence-corrected chi connectivity index (χ1v) is 8.85. The number of benzene rings is 1. The van der Waals surface area contributed by atoms with Crippen LogP contribution in [0.4, 0.5) is 10.5 Å². The zero-order valence-corrected chi connectivity index (χ0v) is 16.0. The molecule has 1 aliphatic heterocycles. The number of rotatable bonds is 6. The molecule has 7 nitrogen and oxygen atoms in total. The molecule has 1 aliphatic rings. The van der Waals surface area contributed by atoms with E-state index in [-0.39, 0.29) is 0 Å². The summed E-state index contributed by atoms with van der Waals surface area (Å²) in [6.45, 7) is 10.7. The van der Waals surface area contributed by atoms with Gasteiger partial charge >= 0.3 is 6.09 Å². The molecular weight excluding hydrogens is 334 g/mol. The molecule has 26 heavy (non-hydrogen) atoms. The first kappa shape index (κ1) is 20.2. The van der Waals surface area contributed by atoms with Crippen LogP contribution in [0.5, 0.6) is 0 Å². The fourth-order valence-corrected chi connectivity index (χ4v) is 2.58. The average molecular weight is 363 g/mol. The summed E-state index contributed by atoms with van der Waals surface area (Å²) in [6.07, 6.45) is -0.264. The molecule has 1 aromatic carbocycles. The number of hydrogen-bond acceptors (Lipinski definition) is 6. The average Bonchev–Trinajstić information content (AvgIpc) is 2.60. The van der Waals surface area contributed by atoms with Gasteiger partial charge in [0.1, 0.15) is 11.8 Å². The van der Waals surface area contributed by atoms with Gasteiger partial charge in [0, 0.05) is 18.8 Å². The minimum absolute atomic E-state index is 0.340. The second-order valence-corrected chi connectivity index (χ2v) is 7.20. The number of carbonyl (C=O) groups is 1. The third-order valence-corrected chi connectivity index (χ3v) is 3.91. The summed E-state index contributed by atoms with van der Waals surface area (Å²) in [5, 5.41) is 7.48. The van der Waals surface area contributed by atoms with Gasteiger partial charge in [-0.05, 0) is 45.4 Å². The maximum Gasteiger partial charge on any atom is 0.417 e. The topological polar surface area (TPSA) is 75.1 Å². The SMILES string of the molecule is CC(OCc1cccc(N2CCOCC2)c1)N(C=N)C(=O)OC(C)(C)C. The van der Waals surface area contributed by atoms with Crippen molar-refractivity contribution in [1.29, 1.82) is 5.41 Å². The van der Waals surface area contributed by atoms with Gasteiger partial charge in [-0.15, -0.1) is 0 Å². The highest BCUT2D eigenvalue weighted by atomic mass is 16.6. The zero-order chi connectivity index (χ0) is 19.2. The van der Waals surface area contributed by atoms with Crippen molar-refractivity contribution in [2.24, 2.45) is 0 Å². The Hall–Kier alpha value is -2.12. The van der Waals surface area contributed by atoms with Crippen LogP contribution in [0.15, 0.2) is 24.3 Å². The summed E-state index contributed by atoms with van der Waals surface area (Å²) in [6, 6.07) is 8.14. The van der Waals surface area contributed by atoms with Crippen molar-refractivity contribution in [2.75, 3.05) is 31.2 Å². The van der Waals surface area contributed by atoms with Crippen LogP contribution in [0.3, 0.4) is 0 Å². The fraction of sp³-hybridized carbons (Fsp3) is 0.579. The molecule has 1 heterocycles. The van der Waals surface area contributed by atoms with E-state index in [1.54, 1.807) is 27.7 Å². The third-order valence-electron chi connectivity index (χ3n) is 3.91. The van der Waals surface area contributed by atoms with Crippen molar-refractivity contribution in [1.82, 2.24) is 4.90 Å². The molecule has 144 valence electrons. The van der Waals surface area contributed by atoms with E-state index < -0.39 is 17.9 Å². The molecule has 7 heteroatoms. The van der Waals surface area contributed by atoms with E-state index in [0.717, 1.165) is 48.8 Å². The minimum atomic E-state index is -0.620. The molecule has 0 aromatic heterocycles. The Bertz CT molecular complexity index is 609. The summed E-state index contributed by atoms with van der Waals surface area (Å²) in [5.74, 6) is 0. The van der Waals surface area contributed by atoms with Gasteiger partial charge in [0.05, 0.1) is 26.2 Å². The van der Waals surface area contributed by atoms with Crippen LogP contribution < -0.4 is 4.90 Å². The summed E-state index contributed by atoms with van der Waals surface area (Å²) >= 11 is 0. The first-order valence-electron chi connectivity index (χ1n) is 8.85. The van der Waals surface area contributed by atoms with Crippen molar-refractivity contribution in [2.45, 2.75) is 46.1 Å². The maximum absolute atomic E-state index is 12.2.